The van der Waals surface area contributed by atoms with Crippen LogP contribution in [0.2, 0.25) is 0 Å². The summed E-state index contributed by atoms with van der Waals surface area (Å²) in [6, 6.07) is 13.5. The molecule has 3 nitrogen and oxygen atoms in total. The third-order valence-corrected chi connectivity index (χ3v) is 3.22. The molecule has 2 N–H and O–H groups in total. The molecule has 0 radical (unpaired) electrons. The summed E-state index contributed by atoms with van der Waals surface area (Å²) >= 11 is 3.37. The summed E-state index contributed by atoms with van der Waals surface area (Å²) in [4.78, 5) is 15.8. The summed E-state index contributed by atoms with van der Waals surface area (Å²) in [6.07, 6.45) is 2.24. The average Bonchev–Trinajstić information content (AvgIpc) is 2.37. The van der Waals surface area contributed by atoms with Crippen molar-refractivity contribution >= 4 is 21.8 Å². The maximum absolute atomic E-state index is 11.6. The van der Waals surface area contributed by atoms with Crippen LogP contribution in [0.25, 0.3) is 0 Å². The fourth-order valence-corrected chi connectivity index (χ4v) is 2.17. The van der Waals surface area contributed by atoms with Gasteiger partial charge in [0.15, 0.2) is 0 Å². The van der Waals surface area contributed by atoms with Gasteiger partial charge in [0, 0.05) is 10.7 Å². The molecule has 1 atom stereocenters. The smallest absolute Gasteiger partial charge is 0.226 e. The molecule has 2 aromatic rings. The summed E-state index contributed by atoms with van der Waals surface area (Å²) in [5.74, 6) is -0.755. The molecule has 1 heterocycles. The number of halogens is 1. The van der Waals surface area contributed by atoms with Crippen LogP contribution in [0.4, 0.5) is 0 Å². The number of pyridine rings is 1. The zero-order valence-corrected chi connectivity index (χ0v) is 11.3. The third kappa shape index (κ3) is 3.17. The van der Waals surface area contributed by atoms with Crippen molar-refractivity contribution in [2.75, 3.05) is 0 Å². The Morgan fingerprint density at radius 3 is 2.61 bits per heavy atom. The molecule has 2 rings (SSSR count). The predicted molar refractivity (Wildman–Crippen MR) is 74.0 cm³/mol. The second-order valence-electron chi connectivity index (χ2n) is 4.04. The highest BCUT2D eigenvalue weighted by Crippen LogP contribution is 2.21. The number of benzene rings is 1. The normalized spacial score (nSPS) is 12.1. The van der Waals surface area contributed by atoms with Crippen molar-refractivity contribution in [1.82, 2.24) is 4.98 Å². The SMILES string of the molecule is NC(=O)C(Cc1ccccc1)c1cc(Br)ccn1. The van der Waals surface area contributed by atoms with Crippen molar-refractivity contribution in [3.63, 3.8) is 0 Å². The van der Waals surface area contributed by atoms with E-state index in [-0.39, 0.29) is 5.91 Å². The maximum atomic E-state index is 11.6. The van der Waals surface area contributed by atoms with E-state index in [0.717, 1.165) is 10.0 Å². The number of nitrogens with zero attached hydrogens (tertiary/aromatic N) is 1. The Morgan fingerprint density at radius 1 is 1.28 bits per heavy atom. The molecular weight excluding hydrogens is 292 g/mol. The Balaban J connectivity index is 2.27. The summed E-state index contributed by atoms with van der Waals surface area (Å²) < 4.78 is 0.895. The van der Waals surface area contributed by atoms with Gasteiger partial charge in [-0.15, -0.1) is 0 Å². The van der Waals surface area contributed by atoms with Crippen molar-refractivity contribution < 1.29 is 4.79 Å². The highest BCUT2D eigenvalue weighted by atomic mass is 79.9. The van der Waals surface area contributed by atoms with E-state index < -0.39 is 5.92 Å². The minimum atomic E-state index is -0.398. The van der Waals surface area contributed by atoms with Gasteiger partial charge in [-0.3, -0.25) is 9.78 Å². The predicted octanol–water partition coefficient (Wildman–Crippen LogP) is 2.66. The van der Waals surface area contributed by atoms with Crippen molar-refractivity contribution in [3.05, 3.63) is 64.4 Å². The van der Waals surface area contributed by atoms with Gasteiger partial charge < -0.3 is 5.73 Å². The lowest BCUT2D eigenvalue weighted by Crippen LogP contribution is -2.24. The number of aromatic nitrogens is 1. The Hall–Kier alpha value is -1.68. The molecule has 0 spiro atoms. The lowest BCUT2D eigenvalue weighted by Gasteiger charge is -2.13. The fraction of sp³-hybridized carbons (Fsp3) is 0.143. The van der Waals surface area contributed by atoms with Crippen LogP contribution in [0.1, 0.15) is 17.2 Å². The molecule has 0 saturated heterocycles. The van der Waals surface area contributed by atoms with Crippen molar-refractivity contribution in [1.29, 1.82) is 0 Å². The fourth-order valence-electron chi connectivity index (χ4n) is 1.81. The number of hydrogen-bond donors (Lipinski definition) is 1. The highest BCUT2D eigenvalue weighted by molar-refractivity contribution is 9.10. The van der Waals surface area contributed by atoms with Crippen molar-refractivity contribution in [2.24, 2.45) is 5.73 Å². The molecule has 0 saturated carbocycles. The standard InChI is InChI=1S/C14H13BrN2O/c15-11-6-7-17-13(9-11)12(14(16)18)8-10-4-2-1-3-5-10/h1-7,9,12H,8H2,(H2,16,18). The van der Waals surface area contributed by atoms with Gasteiger partial charge in [-0.2, -0.15) is 0 Å². The first-order chi connectivity index (χ1) is 8.66. The summed E-state index contributed by atoms with van der Waals surface area (Å²) in [6.45, 7) is 0. The molecule has 0 aliphatic carbocycles. The molecular formula is C14H13BrN2O. The summed E-state index contributed by atoms with van der Waals surface area (Å²) in [5, 5.41) is 0. The van der Waals surface area contributed by atoms with E-state index in [4.69, 9.17) is 5.73 Å². The quantitative estimate of drug-likeness (QED) is 0.944. The number of rotatable bonds is 4. The largest absolute Gasteiger partial charge is 0.369 e. The minimum absolute atomic E-state index is 0.357. The van der Waals surface area contributed by atoms with Crippen LogP contribution in [-0.2, 0) is 11.2 Å². The van der Waals surface area contributed by atoms with Crippen LogP contribution < -0.4 is 5.73 Å². The van der Waals surface area contributed by atoms with Gasteiger partial charge in [0.05, 0.1) is 11.6 Å². The molecule has 1 aromatic carbocycles. The number of carbonyl (C=O) groups is 1. The number of primary amides is 1. The van der Waals surface area contributed by atoms with Crippen LogP contribution in [0.5, 0.6) is 0 Å². The Kier molecular flexibility index (Phi) is 4.10. The lowest BCUT2D eigenvalue weighted by atomic mass is 9.95. The molecule has 1 unspecified atom stereocenters. The monoisotopic (exact) mass is 304 g/mol. The second-order valence-corrected chi connectivity index (χ2v) is 4.96. The summed E-state index contributed by atoms with van der Waals surface area (Å²) in [5.41, 5.74) is 7.24. The molecule has 0 aliphatic heterocycles. The van der Waals surface area contributed by atoms with Crippen molar-refractivity contribution in [3.8, 4) is 0 Å². The topological polar surface area (TPSA) is 56.0 Å². The average molecular weight is 305 g/mol. The zero-order chi connectivity index (χ0) is 13.0. The van der Waals surface area contributed by atoms with Crippen LogP contribution in [0, 0.1) is 0 Å². The van der Waals surface area contributed by atoms with E-state index in [0.29, 0.717) is 12.1 Å². The first kappa shape index (κ1) is 12.8. The number of hydrogen-bond acceptors (Lipinski definition) is 2. The van der Waals surface area contributed by atoms with E-state index in [1.54, 1.807) is 6.20 Å². The van der Waals surface area contributed by atoms with Crippen LogP contribution in [0.15, 0.2) is 53.1 Å². The minimum Gasteiger partial charge on any atom is -0.369 e. The van der Waals surface area contributed by atoms with E-state index in [1.807, 2.05) is 42.5 Å². The molecule has 0 fully saturated rings. The number of nitrogens with two attached hydrogens (primary N) is 1. The molecule has 92 valence electrons. The van der Waals surface area contributed by atoms with Gasteiger partial charge in [-0.05, 0) is 24.1 Å². The molecule has 1 aromatic heterocycles. The molecule has 18 heavy (non-hydrogen) atoms. The van der Waals surface area contributed by atoms with Gasteiger partial charge in [0.25, 0.3) is 0 Å². The lowest BCUT2D eigenvalue weighted by molar-refractivity contribution is -0.119. The van der Waals surface area contributed by atoms with Gasteiger partial charge in [0.2, 0.25) is 5.91 Å². The van der Waals surface area contributed by atoms with Crippen LogP contribution in [-0.4, -0.2) is 10.9 Å². The Morgan fingerprint density at radius 2 is 2.00 bits per heavy atom. The Labute approximate surface area is 114 Å². The maximum Gasteiger partial charge on any atom is 0.226 e. The van der Waals surface area contributed by atoms with Crippen LogP contribution >= 0.6 is 15.9 Å². The number of carbonyl (C=O) groups excluding carboxylic acids is 1. The van der Waals surface area contributed by atoms with E-state index >= 15 is 0 Å². The number of amides is 1. The molecule has 0 aliphatic rings. The second kappa shape index (κ2) is 5.78. The summed E-state index contributed by atoms with van der Waals surface area (Å²) in [7, 11) is 0. The van der Waals surface area contributed by atoms with Crippen LogP contribution in [0.3, 0.4) is 0 Å². The molecule has 1 amide bonds. The molecule has 4 heteroatoms. The van der Waals surface area contributed by atoms with E-state index in [2.05, 4.69) is 20.9 Å². The van der Waals surface area contributed by atoms with Crippen molar-refractivity contribution in [2.45, 2.75) is 12.3 Å². The van der Waals surface area contributed by atoms with Gasteiger partial charge in [-0.1, -0.05) is 46.3 Å². The first-order valence-electron chi connectivity index (χ1n) is 5.61. The zero-order valence-electron chi connectivity index (χ0n) is 9.71. The van der Waals surface area contributed by atoms with Gasteiger partial charge in [0.1, 0.15) is 0 Å². The third-order valence-electron chi connectivity index (χ3n) is 2.73. The van der Waals surface area contributed by atoms with Gasteiger partial charge >= 0.3 is 0 Å². The van der Waals surface area contributed by atoms with Gasteiger partial charge in [-0.25, -0.2) is 0 Å². The van der Waals surface area contributed by atoms with E-state index in [1.165, 1.54) is 0 Å². The Bertz CT molecular complexity index is 543. The highest BCUT2D eigenvalue weighted by Gasteiger charge is 2.19. The first-order valence-corrected chi connectivity index (χ1v) is 6.41. The van der Waals surface area contributed by atoms with E-state index in [9.17, 15) is 4.79 Å². The molecule has 0 bridgehead atoms.